The molecule has 0 saturated carbocycles. The van der Waals surface area contributed by atoms with Crippen molar-refractivity contribution in [3.63, 3.8) is 0 Å². The van der Waals surface area contributed by atoms with E-state index in [0.29, 0.717) is 0 Å². The summed E-state index contributed by atoms with van der Waals surface area (Å²) in [5.74, 6) is 0. The minimum atomic E-state index is -2.20. The molecule has 14 bridgehead atoms. The standard InChI is InChI=1S/C42H71NO34/c43-1-8-29-15(50)22(57)36(64-8)72-30-9(2-44)66-38(24(59)17(30)52)74-32-11(4-46)68-40(26(61)19(32)54)76-34-13(6-48)70-42(28(63)21(34)56)77-35-14(7-49)69-41(27(62)20(35)55)75-33-12(5-47)67-39(25(60)18(33)53)73-31-10(3-45)65-37(71-29)23(58)16(31)51/h8-42,44-63H,1-7,43H2/t8-,9-,10-,11-,12-,13-,14-,15-,16-,17-,18-,19-,20-,21-,22-,23-,24-,25-,26-,27-,28-,29-,30-,31-,32-,33-,34-,35-,36-,37-,38-,39-,40?,41-,42-/m1/s1. The first-order chi connectivity index (χ1) is 36.7. The first-order valence-corrected chi connectivity index (χ1v) is 24.7. The van der Waals surface area contributed by atoms with Gasteiger partial charge in [0.25, 0.3) is 0 Å². The number of aliphatic hydroxyl groups excluding tert-OH is 20. The van der Waals surface area contributed by atoms with Gasteiger partial charge in [0, 0.05) is 6.54 Å². The molecule has 0 radical (unpaired) electrons. The number of ether oxygens (including phenoxy) is 14. The summed E-state index contributed by atoms with van der Waals surface area (Å²) in [5, 5.41) is 220. The van der Waals surface area contributed by atoms with Crippen molar-refractivity contribution in [3.8, 4) is 0 Å². The molecule has 0 aromatic heterocycles. The molecule has 22 N–H and O–H groups in total. The molecule has 0 amide bonds. The summed E-state index contributed by atoms with van der Waals surface area (Å²) in [7, 11) is 0. The Labute approximate surface area is 434 Å². The molecular formula is C42H71NO34. The molecule has 448 valence electrons. The highest BCUT2D eigenvalue weighted by molar-refractivity contribution is 5.02. The van der Waals surface area contributed by atoms with Crippen molar-refractivity contribution >= 4 is 0 Å². The van der Waals surface area contributed by atoms with Crippen molar-refractivity contribution in [1.82, 2.24) is 0 Å². The Bertz CT molecular complexity index is 1470. The minimum Gasteiger partial charge on any atom is -0.394 e. The van der Waals surface area contributed by atoms with E-state index in [1.807, 2.05) is 0 Å². The monoisotopic (exact) mass is 1130 g/mol. The molecule has 35 heteroatoms. The fourth-order valence-corrected chi connectivity index (χ4v) is 10.5. The molecule has 21 heterocycles. The zero-order valence-corrected chi connectivity index (χ0v) is 40.4. The number of rotatable bonds is 7. The van der Waals surface area contributed by atoms with E-state index >= 15 is 0 Å². The van der Waals surface area contributed by atoms with E-state index in [9.17, 15) is 102 Å². The number of hydrogen-bond donors (Lipinski definition) is 21. The molecule has 21 aliphatic rings. The quantitative estimate of drug-likeness (QED) is 0.113. The topological polar surface area (TPSA) is 560 Å². The van der Waals surface area contributed by atoms with Crippen LogP contribution in [0.2, 0.25) is 0 Å². The van der Waals surface area contributed by atoms with Crippen molar-refractivity contribution in [2.75, 3.05) is 46.2 Å². The van der Waals surface area contributed by atoms with Crippen LogP contribution in [-0.4, -0.2) is 363 Å². The lowest BCUT2D eigenvalue weighted by molar-refractivity contribution is -0.396. The van der Waals surface area contributed by atoms with Gasteiger partial charge in [0.15, 0.2) is 44.0 Å². The number of aliphatic hydroxyl groups is 20. The van der Waals surface area contributed by atoms with Crippen LogP contribution in [0.5, 0.6) is 0 Å². The minimum absolute atomic E-state index is 0.547. The summed E-state index contributed by atoms with van der Waals surface area (Å²) in [6.07, 6.45) is -69.2. The first-order valence-electron chi connectivity index (χ1n) is 24.7. The van der Waals surface area contributed by atoms with E-state index in [0.717, 1.165) is 0 Å². The molecule has 0 aliphatic carbocycles. The third kappa shape index (κ3) is 12.1. The molecular weight excluding hydrogens is 1060 g/mol. The van der Waals surface area contributed by atoms with Crippen LogP contribution in [0.3, 0.4) is 0 Å². The van der Waals surface area contributed by atoms with Gasteiger partial charge in [-0.1, -0.05) is 0 Å². The van der Waals surface area contributed by atoms with Gasteiger partial charge >= 0.3 is 0 Å². The average Bonchev–Trinajstić information content (AvgIpc) is 3.45. The van der Waals surface area contributed by atoms with Crippen LogP contribution in [-0.2, 0) is 66.3 Å². The molecule has 35 nitrogen and oxygen atoms in total. The van der Waals surface area contributed by atoms with Crippen LogP contribution in [0.25, 0.3) is 0 Å². The number of hydrogen-bond acceptors (Lipinski definition) is 35. The zero-order chi connectivity index (χ0) is 56.1. The summed E-state index contributed by atoms with van der Waals surface area (Å²) in [5.41, 5.74) is 5.94. The Morgan fingerprint density at radius 2 is 0.325 bits per heavy atom. The van der Waals surface area contributed by atoms with Crippen LogP contribution in [0.4, 0.5) is 0 Å². The average molecular weight is 1130 g/mol. The Morgan fingerprint density at radius 3 is 0.455 bits per heavy atom. The Hall–Kier alpha value is -1.40. The first kappa shape index (κ1) is 61.7. The summed E-state index contributed by atoms with van der Waals surface area (Å²) >= 11 is 0. The predicted molar refractivity (Wildman–Crippen MR) is 230 cm³/mol. The second-order valence-corrected chi connectivity index (χ2v) is 19.7. The van der Waals surface area contributed by atoms with Gasteiger partial charge in [-0.3, -0.25) is 0 Å². The second kappa shape index (κ2) is 26.0. The van der Waals surface area contributed by atoms with Crippen LogP contribution < -0.4 is 5.73 Å². The maximum Gasteiger partial charge on any atom is 0.187 e. The summed E-state index contributed by atoms with van der Waals surface area (Å²) in [6, 6.07) is 0. The maximum absolute atomic E-state index is 11.4. The molecule has 77 heavy (non-hydrogen) atoms. The molecule has 21 saturated heterocycles. The molecule has 0 spiro atoms. The summed E-state index contributed by atoms with van der Waals surface area (Å²) in [4.78, 5) is 0. The van der Waals surface area contributed by atoms with Gasteiger partial charge in [0.05, 0.1) is 39.6 Å². The Kier molecular flexibility index (Phi) is 20.8. The van der Waals surface area contributed by atoms with Crippen LogP contribution in [0.1, 0.15) is 0 Å². The van der Waals surface area contributed by atoms with Crippen molar-refractivity contribution in [1.29, 1.82) is 0 Å². The highest BCUT2D eigenvalue weighted by Crippen LogP contribution is 2.39. The van der Waals surface area contributed by atoms with Gasteiger partial charge in [0.1, 0.15) is 171 Å². The van der Waals surface area contributed by atoms with E-state index in [-0.39, 0.29) is 0 Å². The lowest BCUT2D eigenvalue weighted by Crippen LogP contribution is -2.68. The molecule has 35 atom stereocenters. The third-order valence-electron chi connectivity index (χ3n) is 14.8. The smallest absolute Gasteiger partial charge is 0.187 e. The predicted octanol–water partition coefficient (Wildman–Crippen LogP) is -15.3. The maximum atomic E-state index is 11.4. The summed E-state index contributed by atoms with van der Waals surface area (Å²) in [6.45, 7) is -6.75. The zero-order valence-electron chi connectivity index (χ0n) is 40.4. The van der Waals surface area contributed by atoms with Gasteiger partial charge in [0.2, 0.25) is 0 Å². The van der Waals surface area contributed by atoms with E-state index < -0.39 is 261 Å². The van der Waals surface area contributed by atoms with Gasteiger partial charge < -0.3 is 174 Å². The molecule has 21 fully saturated rings. The highest BCUT2D eigenvalue weighted by Gasteiger charge is 2.59. The molecule has 0 aromatic rings. The molecule has 21 rings (SSSR count). The van der Waals surface area contributed by atoms with Crippen LogP contribution >= 0.6 is 0 Å². The summed E-state index contributed by atoms with van der Waals surface area (Å²) < 4.78 is 79.9. The number of nitrogens with two attached hydrogens (primary N) is 1. The van der Waals surface area contributed by atoms with Crippen molar-refractivity contribution in [2.24, 2.45) is 5.73 Å². The van der Waals surface area contributed by atoms with Crippen LogP contribution in [0.15, 0.2) is 0 Å². The fourth-order valence-electron chi connectivity index (χ4n) is 10.5. The lowest BCUT2D eigenvalue weighted by Gasteiger charge is -2.50. The normalized spacial score (nSPS) is 55.4. The lowest BCUT2D eigenvalue weighted by atomic mass is 9.95. The Balaban J connectivity index is 1.08. The van der Waals surface area contributed by atoms with Gasteiger partial charge in [-0.15, -0.1) is 0 Å². The van der Waals surface area contributed by atoms with Gasteiger partial charge in [-0.25, -0.2) is 0 Å². The molecule has 1 unspecified atom stereocenters. The largest absolute Gasteiger partial charge is 0.394 e. The highest BCUT2D eigenvalue weighted by atomic mass is 16.8. The molecule has 21 aliphatic heterocycles. The van der Waals surface area contributed by atoms with Crippen molar-refractivity contribution in [2.45, 2.75) is 215 Å². The van der Waals surface area contributed by atoms with E-state index in [2.05, 4.69) is 0 Å². The molecule has 0 aromatic carbocycles. The SMILES string of the molecule is NC[C@H]1O[C@@H]2O[C@H]3[C@H](O)[C@@H](O)[C@@H](O[C@H]4[C@H](O)[C@@H](O)C(O[C@H]5[C@H](O)[C@@H](O)[C@@H](O[C@H]6[C@H](O)[C@@H](O)[C@@H](O[C@H]7[C@H](O)[C@@H](O)[C@@H](O[C@H]8[C@H](O)[C@@H](O)[C@@H](O[C@H]1[C@H](O)[C@H]2O)O[C@@H]8CO)O[C@@H]7CO)O[C@@H]6CO)O[C@@H]5CO)O[C@@H]4CO)O[C@@H]3CO. The van der Waals surface area contributed by atoms with Crippen molar-refractivity contribution in [3.05, 3.63) is 0 Å². The second-order valence-electron chi connectivity index (χ2n) is 19.7. The van der Waals surface area contributed by atoms with Crippen molar-refractivity contribution < 1.29 is 168 Å². The Morgan fingerprint density at radius 1 is 0.195 bits per heavy atom. The fraction of sp³-hybridized carbons (Fsp3) is 1.00. The van der Waals surface area contributed by atoms with Gasteiger partial charge in [-0.05, 0) is 0 Å². The third-order valence-corrected chi connectivity index (χ3v) is 14.8. The van der Waals surface area contributed by atoms with E-state index in [1.54, 1.807) is 0 Å². The van der Waals surface area contributed by atoms with E-state index in [1.165, 1.54) is 0 Å². The van der Waals surface area contributed by atoms with Crippen LogP contribution in [0, 0.1) is 0 Å². The van der Waals surface area contributed by atoms with Gasteiger partial charge in [-0.2, -0.15) is 0 Å². The van der Waals surface area contributed by atoms with E-state index in [4.69, 9.17) is 72.0 Å².